The number of pyridine rings is 1. The van der Waals surface area contributed by atoms with Gasteiger partial charge in [0, 0.05) is 23.7 Å². The summed E-state index contributed by atoms with van der Waals surface area (Å²) < 4.78 is 13.3. The molecule has 1 N–H and O–H groups in total. The van der Waals surface area contributed by atoms with Gasteiger partial charge in [0.25, 0.3) is 0 Å². The van der Waals surface area contributed by atoms with Gasteiger partial charge in [0.05, 0.1) is 17.0 Å². The van der Waals surface area contributed by atoms with Crippen LogP contribution < -0.4 is 0 Å². The van der Waals surface area contributed by atoms with Crippen molar-refractivity contribution in [1.29, 1.82) is 0 Å². The van der Waals surface area contributed by atoms with E-state index < -0.39 is 0 Å². The van der Waals surface area contributed by atoms with E-state index in [-0.39, 0.29) is 29.5 Å². The summed E-state index contributed by atoms with van der Waals surface area (Å²) >= 11 is 1.39. The van der Waals surface area contributed by atoms with Gasteiger partial charge in [0.15, 0.2) is 10.9 Å². The van der Waals surface area contributed by atoms with Crippen LogP contribution in [0, 0.1) is 5.82 Å². The number of hydrogen-bond acceptors (Lipinski definition) is 6. The monoisotopic (exact) mass is 369 g/mol. The number of benzene rings is 1. The minimum Gasteiger partial charge on any atom is -0.493 e. The topological polar surface area (TPSA) is 76.0 Å². The number of thioether (sulfide) groups is 1. The van der Waals surface area contributed by atoms with Crippen LogP contribution >= 0.6 is 11.8 Å². The maximum atomic E-state index is 13.3. The molecule has 5 nitrogen and oxygen atoms in total. The number of aromatic hydroxyl groups is 1. The Labute approximate surface area is 154 Å². The minimum atomic E-state index is -0.371. The smallest absolute Gasteiger partial charge is 0.222 e. The average Bonchev–Trinajstić information content (AvgIpc) is 2.67. The lowest BCUT2D eigenvalue weighted by Crippen LogP contribution is -2.02. The van der Waals surface area contributed by atoms with Gasteiger partial charge < -0.3 is 5.11 Å². The van der Waals surface area contributed by atoms with E-state index in [1.165, 1.54) is 23.9 Å². The lowest BCUT2D eigenvalue weighted by molar-refractivity contribution is 0.0985. The van der Waals surface area contributed by atoms with Gasteiger partial charge in [0.1, 0.15) is 5.82 Å². The minimum absolute atomic E-state index is 0.137. The molecular formula is C19H16FN3O2S. The zero-order valence-electron chi connectivity index (χ0n) is 14.2. The molecule has 0 saturated carbocycles. The SMILES string of the molecule is CCC(=O)c1cc(-c2ccnc(SC)n2)c(-c2ccc(F)cc2)nc1O. The molecule has 0 atom stereocenters. The van der Waals surface area contributed by atoms with Crippen LogP contribution in [-0.4, -0.2) is 32.1 Å². The molecule has 0 fully saturated rings. The quantitative estimate of drug-likeness (QED) is 0.409. The molecule has 0 aliphatic carbocycles. The molecule has 3 rings (SSSR count). The highest BCUT2D eigenvalue weighted by molar-refractivity contribution is 7.98. The predicted molar refractivity (Wildman–Crippen MR) is 98.7 cm³/mol. The second-order valence-electron chi connectivity index (χ2n) is 5.47. The summed E-state index contributed by atoms with van der Waals surface area (Å²) in [5.74, 6) is -0.941. The summed E-state index contributed by atoms with van der Waals surface area (Å²) in [5, 5.41) is 10.8. The van der Waals surface area contributed by atoms with Gasteiger partial charge >= 0.3 is 0 Å². The van der Waals surface area contributed by atoms with Crippen molar-refractivity contribution in [2.45, 2.75) is 18.5 Å². The third-order valence-corrected chi connectivity index (χ3v) is 4.40. The first-order valence-corrected chi connectivity index (χ1v) is 9.16. The van der Waals surface area contributed by atoms with Crippen LogP contribution in [0.2, 0.25) is 0 Å². The Morgan fingerprint density at radius 2 is 1.92 bits per heavy atom. The Bertz CT molecular complexity index is 961. The van der Waals surface area contributed by atoms with E-state index >= 15 is 0 Å². The first-order chi connectivity index (χ1) is 12.5. The summed E-state index contributed by atoms with van der Waals surface area (Å²) in [6, 6.07) is 9.06. The summed E-state index contributed by atoms with van der Waals surface area (Å²) in [7, 11) is 0. The third kappa shape index (κ3) is 3.57. The standard InChI is InChI=1S/C19H16FN3O2S/c1-3-16(24)14-10-13(15-8-9-21-19(22-15)26-2)17(23-18(14)25)11-4-6-12(20)7-5-11/h4-10H,3H2,1-2H3,(H,23,25). The fourth-order valence-electron chi connectivity index (χ4n) is 2.51. The van der Waals surface area contributed by atoms with Crippen LogP contribution in [0.3, 0.4) is 0 Å². The average molecular weight is 369 g/mol. The van der Waals surface area contributed by atoms with Crippen molar-refractivity contribution in [3.8, 4) is 28.4 Å². The molecule has 3 aromatic rings. The highest BCUT2D eigenvalue weighted by Crippen LogP contribution is 2.34. The van der Waals surface area contributed by atoms with Crippen LogP contribution in [-0.2, 0) is 0 Å². The zero-order valence-corrected chi connectivity index (χ0v) is 15.0. The molecule has 26 heavy (non-hydrogen) atoms. The number of nitrogens with zero attached hydrogens (tertiary/aromatic N) is 3. The molecule has 0 unspecified atom stereocenters. The maximum Gasteiger partial charge on any atom is 0.222 e. The van der Waals surface area contributed by atoms with E-state index in [9.17, 15) is 14.3 Å². The number of aromatic nitrogens is 3. The third-order valence-electron chi connectivity index (χ3n) is 3.83. The van der Waals surface area contributed by atoms with Crippen molar-refractivity contribution < 1.29 is 14.3 Å². The Hall–Kier alpha value is -2.80. The van der Waals surface area contributed by atoms with Crippen LogP contribution in [0.15, 0.2) is 47.8 Å². The van der Waals surface area contributed by atoms with Crippen molar-refractivity contribution in [2.24, 2.45) is 0 Å². The zero-order chi connectivity index (χ0) is 18.7. The lowest BCUT2D eigenvalue weighted by atomic mass is 9.99. The number of hydrogen-bond donors (Lipinski definition) is 1. The predicted octanol–water partition coefficient (Wildman–Crippen LogP) is 4.36. The summed E-state index contributed by atoms with van der Waals surface area (Å²) in [6.07, 6.45) is 3.72. The number of carbonyl (C=O) groups is 1. The Morgan fingerprint density at radius 3 is 2.58 bits per heavy atom. The fraction of sp³-hybridized carbons (Fsp3) is 0.158. The van der Waals surface area contributed by atoms with Crippen molar-refractivity contribution in [3.05, 3.63) is 54.0 Å². The molecule has 132 valence electrons. The second kappa shape index (κ2) is 7.61. The summed E-state index contributed by atoms with van der Waals surface area (Å²) in [5.41, 5.74) is 2.31. The maximum absolute atomic E-state index is 13.3. The van der Waals surface area contributed by atoms with Crippen LogP contribution in [0.4, 0.5) is 4.39 Å². The van der Waals surface area contributed by atoms with Crippen LogP contribution in [0.5, 0.6) is 5.88 Å². The Kier molecular flexibility index (Phi) is 5.27. The van der Waals surface area contributed by atoms with E-state index in [1.54, 1.807) is 37.4 Å². The molecule has 0 aliphatic rings. The molecule has 1 aromatic carbocycles. The van der Waals surface area contributed by atoms with Gasteiger partial charge in [0.2, 0.25) is 5.88 Å². The Morgan fingerprint density at radius 1 is 1.19 bits per heavy atom. The number of carbonyl (C=O) groups excluding carboxylic acids is 1. The van der Waals surface area contributed by atoms with E-state index in [2.05, 4.69) is 15.0 Å². The molecule has 0 saturated heterocycles. The number of Topliss-reactive ketones (excluding diaryl/α,β-unsaturated/α-hetero) is 1. The van der Waals surface area contributed by atoms with E-state index in [0.717, 1.165) is 0 Å². The summed E-state index contributed by atoms with van der Waals surface area (Å²) in [4.78, 5) is 25.0. The molecule has 2 heterocycles. The van der Waals surface area contributed by atoms with Crippen molar-refractivity contribution in [3.63, 3.8) is 0 Å². The number of rotatable bonds is 5. The van der Waals surface area contributed by atoms with Crippen molar-refractivity contribution >= 4 is 17.5 Å². The van der Waals surface area contributed by atoms with Gasteiger partial charge in [-0.2, -0.15) is 0 Å². The van der Waals surface area contributed by atoms with Crippen LogP contribution in [0.25, 0.3) is 22.5 Å². The molecule has 0 aliphatic heterocycles. The second-order valence-corrected chi connectivity index (χ2v) is 6.24. The highest BCUT2D eigenvalue weighted by atomic mass is 32.2. The van der Waals surface area contributed by atoms with Gasteiger partial charge in [-0.25, -0.2) is 19.3 Å². The highest BCUT2D eigenvalue weighted by Gasteiger charge is 2.19. The normalized spacial score (nSPS) is 10.7. The molecule has 0 spiro atoms. The van der Waals surface area contributed by atoms with Crippen molar-refractivity contribution in [1.82, 2.24) is 15.0 Å². The first kappa shape index (κ1) is 18.0. The number of ketones is 1. The molecule has 0 radical (unpaired) electrons. The summed E-state index contributed by atoms with van der Waals surface area (Å²) in [6.45, 7) is 1.71. The largest absolute Gasteiger partial charge is 0.493 e. The van der Waals surface area contributed by atoms with E-state index in [4.69, 9.17) is 0 Å². The molecule has 0 bridgehead atoms. The molecule has 0 amide bonds. The lowest BCUT2D eigenvalue weighted by Gasteiger charge is -2.12. The van der Waals surface area contributed by atoms with Gasteiger partial charge in [-0.05, 0) is 42.7 Å². The van der Waals surface area contributed by atoms with E-state index in [1.807, 2.05) is 6.26 Å². The van der Waals surface area contributed by atoms with Crippen LogP contribution in [0.1, 0.15) is 23.7 Å². The van der Waals surface area contributed by atoms with Gasteiger partial charge in [-0.1, -0.05) is 18.7 Å². The molecular weight excluding hydrogens is 353 g/mol. The molecule has 7 heteroatoms. The van der Waals surface area contributed by atoms with E-state index in [0.29, 0.717) is 27.7 Å². The van der Waals surface area contributed by atoms with Gasteiger partial charge in [-0.15, -0.1) is 0 Å². The fourth-order valence-corrected chi connectivity index (χ4v) is 2.87. The van der Waals surface area contributed by atoms with Gasteiger partial charge in [-0.3, -0.25) is 4.79 Å². The molecule has 2 aromatic heterocycles. The number of halogens is 1. The first-order valence-electron chi connectivity index (χ1n) is 7.94. The Balaban J connectivity index is 2.26. The van der Waals surface area contributed by atoms with Crippen molar-refractivity contribution in [2.75, 3.05) is 6.26 Å².